The molecule has 172 valence electrons. The van der Waals surface area contributed by atoms with E-state index in [1.807, 2.05) is 0 Å². The molecule has 3 rings (SSSR count). The average molecular weight is 451 g/mol. The fraction of sp³-hybridized carbons (Fsp3) is 0.500. The van der Waals surface area contributed by atoms with Crippen molar-refractivity contribution in [1.82, 2.24) is 19.5 Å². The number of hydrogen-bond acceptors (Lipinski definition) is 12. The Morgan fingerprint density at radius 3 is 2.31 bits per heavy atom. The van der Waals surface area contributed by atoms with Crippen LogP contribution in [-0.2, 0) is 28.7 Å². The summed E-state index contributed by atoms with van der Waals surface area (Å²) in [5.74, 6) is -4.71. The summed E-state index contributed by atoms with van der Waals surface area (Å²) in [5, 5.41) is 21.7. The number of aromatic amines is 1. The van der Waals surface area contributed by atoms with Crippen molar-refractivity contribution >= 4 is 40.4 Å². The quantitative estimate of drug-likeness (QED) is 0.271. The molecule has 2 aromatic heterocycles. The number of nitrogens with one attached hydrogen (secondary N) is 1. The van der Waals surface area contributed by atoms with Gasteiger partial charge in [-0.1, -0.05) is 0 Å². The van der Waals surface area contributed by atoms with Crippen molar-refractivity contribution in [1.29, 1.82) is 0 Å². The number of nitrogens with zero attached hydrogens (tertiary/aromatic N) is 3. The van der Waals surface area contributed by atoms with E-state index in [9.17, 15) is 34.2 Å². The molecule has 0 unspecified atom stereocenters. The van der Waals surface area contributed by atoms with Crippen LogP contribution in [0, 0.1) is 0 Å². The van der Waals surface area contributed by atoms with Crippen molar-refractivity contribution in [3.63, 3.8) is 0 Å². The first-order chi connectivity index (χ1) is 14.8. The fourth-order valence-corrected chi connectivity index (χ4v) is 4.11. The number of hydrogen-bond donors (Lipinski definition) is 4. The molecule has 0 amide bonds. The van der Waals surface area contributed by atoms with E-state index in [2.05, 4.69) is 15.0 Å². The SMILES string of the molecule is CC(=O)OC(C(C)=O)(C(C)=O)[C@@]1(C(C)=O)O[C@@H](n2cnc3c(=O)[nH]c(N)nc32)[C@H](O)[C@@H]1O. The number of Topliss-reactive ketones (excluding diaryl/α,β-unsaturated/α-hetero) is 3. The Hall–Kier alpha value is -3.49. The molecular formula is C18H21N5O9. The van der Waals surface area contributed by atoms with Gasteiger partial charge in [-0.05, 0) is 20.8 Å². The number of fused-ring (bicyclic) bond motifs is 1. The lowest BCUT2D eigenvalue weighted by molar-refractivity contribution is -0.220. The van der Waals surface area contributed by atoms with Crippen LogP contribution in [0.3, 0.4) is 0 Å². The maximum atomic E-state index is 12.8. The molecule has 0 radical (unpaired) electrons. The molecule has 32 heavy (non-hydrogen) atoms. The highest BCUT2D eigenvalue weighted by Crippen LogP contribution is 2.47. The summed E-state index contributed by atoms with van der Waals surface area (Å²) in [4.78, 5) is 72.1. The van der Waals surface area contributed by atoms with Crippen molar-refractivity contribution in [2.75, 3.05) is 5.73 Å². The lowest BCUT2D eigenvalue weighted by Crippen LogP contribution is -2.72. The summed E-state index contributed by atoms with van der Waals surface area (Å²) >= 11 is 0. The van der Waals surface area contributed by atoms with Crippen molar-refractivity contribution in [2.45, 2.75) is 57.3 Å². The van der Waals surface area contributed by atoms with Gasteiger partial charge in [0.2, 0.25) is 11.5 Å². The van der Waals surface area contributed by atoms with Gasteiger partial charge in [0.1, 0.15) is 12.2 Å². The number of nitrogens with two attached hydrogens (primary N) is 1. The molecule has 5 N–H and O–H groups in total. The van der Waals surface area contributed by atoms with Gasteiger partial charge in [-0.3, -0.25) is 33.5 Å². The van der Waals surface area contributed by atoms with Crippen molar-refractivity contribution in [3.8, 4) is 0 Å². The van der Waals surface area contributed by atoms with Crippen LogP contribution in [0.4, 0.5) is 5.95 Å². The first kappa shape index (κ1) is 23.2. The molecule has 14 heteroatoms. The predicted octanol–water partition coefficient (Wildman–Crippen LogP) is -2.24. The standard InChI is InChI=1S/C18H21N5O9/c1-6(24)17(7(2)25,31-9(4)27)18(8(3)26)12(29)11(28)15(32-18)23-5-20-10-13(23)21-16(19)22-14(10)30/h5,11-12,15,28-29H,1-4H3,(H3,19,21,22,30)/t11-,12+,15-,18+/m1/s1. The summed E-state index contributed by atoms with van der Waals surface area (Å²) in [6.45, 7) is 3.54. The van der Waals surface area contributed by atoms with E-state index in [4.69, 9.17) is 15.2 Å². The zero-order valence-electron chi connectivity index (χ0n) is 17.5. The Morgan fingerprint density at radius 1 is 1.22 bits per heavy atom. The van der Waals surface area contributed by atoms with Gasteiger partial charge in [0, 0.05) is 6.92 Å². The molecular weight excluding hydrogens is 430 g/mol. The zero-order valence-corrected chi connectivity index (χ0v) is 17.5. The van der Waals surface area contributed by atoms with E-state index in [1.54, 1.807) is 0 Å². The van der Waals surface area contributed by atoms with E-state index in [0.717, 1.165) is 38.6 Å². The van der Waals surface area contributed by atoms with E-state index >= 15 is 0 Å². The zero-order chi connectivity index (χ0) is 24.2. The lowest BCUT2D eigenvalue weighted by atomic mass is 9.71. The summed E-state index contributed by atoms with van der Waals surface area (Å²) in [7, 11) is 0. The maximum absolute atomic E-state index is 12.8. The third-order valence-corrected chi connectivity index (χ3v) is 5.40. The highest BCUT2D eigenvalue weighted by molar-refractivity contribution is 6.16. The number of imidazole rings is 1. The van der Waals surface area contributed by atoms with E-state index in [0.29, 0.717) is 0 Å². The topological polar surface area (TPSA) is 217 Å². The second-order valence-electron chi connectivity index (χ2n) is 7.40. The monoisotopic (exact) mass is 451 g/mol. The van der Waals surface area contributed by atoms with Crippen LogP contribution in [0.5, 0.6) is 0 Å². The smallest absolute Gasteiger partial charge is 0.304 e. The molecule has 0 aromatic carbocycles. The summed E-state index contributed by atoms with van der Waals surface area (Å²) in [6.07, 6.45) is -4.82. The Kier molecular flexibility index (Phi) is 5.49. The Balaban J connectivity index is 2.29. The average Bonchev–Trinajstić information content (AvgIpc) is 3.20. The number of aliphatic hydroxyl groups is 2. The second-order valence-corrected chi connectivity index (χ2v) is 7.40. The number of carbonyl (C=O) groups excluding carboxylic acids is 4. The van der Waals surface area contributed by atoms with Gasteiger partial charge in [0.05, 0.1) is 6.33 Å². The number of anilines is 1. The number of nitrogen functional groups attached to an aromatic ring is 1. The number of carbonyl (C=O) groups is 4. The van der Waals surface area contributed by atoms with E-state index in [1.165, 1.54) is 0 Å². The van der Waals surface area contributed by atoms with Crippen molar-refractivity contribution < 1.29 is 38.9 Å². The highest BCUT2D eigenvalue weighted by Gasteiger charge is 2.74. The van der Waals surface area contributed by atoms with Gasteiger partial charge in [0.15, 0.2) is 34.7 Å². The molecule has 2 aromatic rings. The largest absolute Gasteiger partial charge is 0.439 e. The number of rotatable bonds is 6. The molecule has 0 bridgehead atoms. The van der Waals surface area contributed by atoms with Crippen LogP contribution < -0.4 is 11.3 Å². The van der Waals surface area contributed by atoms with Crippen LogP contribution >= 0.6 is 0 Å². The summed E-state index contributed by atoms with van der Waals surface area (Å²) < 4.78 is 11.8. The minimum absolute atomic E-state index is 0.175. The molecule has 4 atom stereocenters. The lowest BCUT2D eigenvalue weighted by Gasteiger charge is -2.43. The normalized spacial score (nSPS) is 25.6. The molecule has 14 nitrogen and oxygen atoms in total. The predicted molar refractivity (Wildman–Crippen MR) is 104 cm³/mol. The number of ketones is 3. The number of ether oxygens (including phenoxy) is 2. The third kappa shape index (κ3) is 2.95. The molecule has 1 aliphatic rings. The van der Waals surface area contributed by atoms with Gasteiger partial charge in [-0.15, -0.1) is 0 Å². The van der Waals surface area contributed by atoms with E-state index < -0.39 is 58.5 Å². The Bertz CT molecular complexity index is 1190. The molecule has 3 heterocycles. The number of esters is 1. The van der Waals surface area contributed by atoms with Crippen LogP contribution in [-0.4, -0.2) is 76.5 Å². The molecule has 0 spiro atoms. The molecule has 0 saturated carbocycles. The van der Waals surface area contributed by atoms with Crippen molar-refractivity contribution in [2.24, 2.45) is 0 Å². The number of aromatic nitrogens is 4. The third-order valence-electron chi connectivity index (χ3n) is 5.40. The first-order valence-electron chi connectivity index (χ1n) is 9.30. The van der Waals surface area contributed by atoms with Crippen molar-refractivity contribution in [3.05, 3.63) is 16.7 Å². The first-order valence-corrected chi connectivity index (χ1v) is 9.30. The molecule has 0 aliphatic carbocycles. The van der Waals surface area contributed by atoms with Gasteiger partial charge < -0.3 is 25.4 Å². The minimum atomic E-state index is -2.90. The van der Waals surface area contributed by atoms with Gasteiger partial charge in [-0.2, -0.15) is 4.98 Å². The Labute approximate surface area is 179 Å². The number of aliphatic hydroxyl groups excluding tert-OH is 2. The van der Waals surface area contributed by atoms with E-state index in [-0.39, 0.29) is 17.1 Å². The van der Waals surface area contributed by atoms with Gasteiger partial charge in [0.25, 0.3) is 11.2 Å². The van der Waals surface area contributed by atoms with Crippen LogP contribution in [0.2, 0.25) is 0 Å². The second kappa shape index (κ2) is 7.58. The Morgan fingerprint density at radius 2 is 1.81 bits per heavy atom. The minimum Gasteiger partial charge on any atom is -0.439 e. The highest BCUT2D eigenvalue weighted by atomic mass is 16.6. The van der Waals surface area contributed by atoms with Gasteiger partial charge in [-0.25, -0.2) is 4.98 Å². The molecule has 1 aliphatic heterocycles. The maximum Gasteiger partial charge on any atom is 0.304 e. The van der Waals surface area contributed by atoms with Crippen LogP contribution in [0.1, 0.15) is 33.9 Å². The van der Waals surface area contributed by atoms with Crippen LogP contribution in [0.25, 0.3) is 11.2 Å². The van der Waals surface area contributed by atoms with Crippen LogP contribution in [0.15, 0.2) is 11.1 Å². The number of H-pyrrole nitrogens is 1. The molecule has 1 saturated heterocycles. The fourth-order valence-electron chi connectivity index (χ4n) is 4.11. The van der Waals surface area contributed by atoms with Gasteiger partial charge >= 0.3 is 5.97 Å². The summed E-state index contributed by atoms with van der Waals surface area (Å²) in [5.41, 5.74) is -1.25. The summed E-state index contributed by atoms with van der Waals surface area (Å²) in [6, 6.07) is 0. The molecule has 1 fully saturated rings.